The Morgan fingerprint density at radius 2 is 1.25 bits per heavy atom. The number of thioether (sulfide) groups is 1. The molecule has 0 bridgehead atoms. The number of hydrogen-bond donors (Lipinski definition) is 1. The van der Waals surface area contributed by atoms with E-state index in [1.54, 1.807) is 0 Å². The quantitative estimate of drug-likeness (QED) is 0.0448. The lowest BCUT2D eigenvalue weighted by molar-refractivity contribution is -0.168. The Balaban J connectivity index is 4.13. The summed E-state index contributed by atoms with van der Waals surface area (Å²) in [6.07, 6.45) is 24.7. The lowest BCUT2D eigenvalue weighted by Crippen LogP contribution is -2.24. The summed E-state index contributed by atoms with van der Waals surface area (Å²) in [5, 5.41) is 8.71. The van der Waals surface area contributed by atoms with Crippen LogP contribution in [0, 0.1) is 0 Å². The number of carbonyl (C=O) groups is 1. The van der Waals surface area contributed by atoms with Gasteiger partial charge in [0.25, 0.3) is 0 Å². The molecule has 6 nitrogen and oxygen atoms in total. The normalized spacial score (nSPS) is 13.5. The van der Waals surface area contributed by atoms with Crippen molar-refractivity contribution in [2.45, 2.75) is 154 Å². The fourth-order valence-corrected chi connectivity index (χ4v) is 6.07. The van der Waals surface area contributed by atoms with Crippen molar-refractivity contribution in [3.8, 4) is 0 Å². The van der Waals surface area contributed by atoms with E-state index in [1.807, 2.05) is 0 Å². The highest BCUT2D eigenvalue weighted by molar-refractivity contribution is 7.99. The van der Waals surface area contributed by atoms with Crippen LogP contribution in [-0.2, 0) is 18.7 Å². The van der Waals surface area contributed by atoms with Gasteiger partial charge in [-0.3, -0.25) is 4.89 Å². The van der Waals surface area contributed by atoms with E-state index in [0.717, 1.165) is 0 Å². The Morgan fingerprint density at radius 1 is 0.750 bits per heavy atom. The van der Waals surface area contributed by atoms with Crippen molar-refractivity contribution in [3.05, 3.63) is 0 Å². The summed E-state index contributed by atoms with van der Waals surface area (Å²) < 4.78 is 22.3. The molecule has 214 valence electrons. The van der Waals surface area contributed by atoms with Crippen LogP contribution in [0.4, 0.5) is 4.79 Å². The second-order valence-corrected chi connectivity index (χ2v) is 12.4. The monoisotopic (exact) mass is 551 g/mol. The molecule has 0 aliphatic heterocycles. The Bertz CT molecular complexity index is 508. The molecule has 0 saturated carbocycles. The average Bonchev–Trinajstić information content (AvgIpc) is 2.88. The molecule has 3 unspecified atom stereocenters. The molecule has 0 aliphatic rings. The first-order valence-electron chi connectivity index (χ1n) is 14.8. The number of rotatable bonds is 28. The molecule has 3 atom stereocenters. The maximum Gasteiger partial charge on any atom is 0.639 e. The van der Waals surface area contributed by atoms with Crippen molar-refractivity contribution in [3.63, 3.8) is 0 Å². The van der Waals surface area contributed by atoms with Gasteiger partial charge in [-0.05, 0) is 36.5 Å². The molecule has 0 amide bonds. The van der Waals surface area contributed by atoms with Crippen LogP contribution in [0.3, 0.4) is 0 Å². The minimum absolute atomic E-state index is 0.130. The van der Waals surface area contributed by atoms with Gasteiger partial charge >= 0.3 is 13.7 Å². The third kappa shape index (κ3) is 23.0. The zero-order valence-corrected chi connectivity index (χ0v) is 25.3. The molecular weight excluding hydrogens is 495 g/mol. The molecule has 0 aromatic heterocycles. The van der Waals surface area contributed by atoms with Gasteiger partial charge in [-0.1, -0.05) is 117 Å². The Morgan fingerprint density at radius 3 is 1.78 bits per heavy atom. The highest BCUT2D eigenvalue weighted by atomic mass is 32.2. The molecule has 1 N–H and O–H groups in total. The van der Waals surface area contributed by atoms with Crippen molar-refractivity contribution in [1.82, 2.24) is 0 Å². The summed E-state index contributed by atoms with van der Waals surface area (Å²) in [7, 11) is -2.64. The van der Waals surface area contributed by atoms with E-state index in [9.17, 15) is 9.36 Å². The van der Waals surface area contributed by atoms with Gasteiger partial charge in [0.2, 0.25) is 0 Å². The van der Waals surface area contributed by atoms with Crippen molar-refractivity contribution >= 4 is 25.5 Å². The van der Waals surface area contributed by atoms with Gasteiger partial charge in [0.05, 0.1) is 6.10 Å². The van der Waals surface area contributed by atoms with E-state index < -0.39 is 13.7 Å². The van der Waals surface area contributed by atoms with Gasteiger partial charge in [-0.2, -0.15) is 21.8 Å². The van der Waals surface area contributed by atoms with Gasteiger partial charge in [0, 0.05) is 11.9 Å². The third-order valence-electron chi connectivity index (χ3n) is 6.55. The fraction of sp³-hybridized carbons (Fsp3) is 0.964. The summed E-state index contributed by atoms with van der Waals surface area (Å²) in [4.78, 5) is 14.3. The zero-order chi connectivity index (χ0) is 26.7. The molecular formula is C28H56O6PS+. The van der Waals surface area contributed by atoms with Crippen molar-refractivity contribution in [1.29, 1.82) is 0 Å². The standard InChI is InChI=1S/C28H55O6PS/c1-4-6-8-10-12-13-14-16-18-20-25-36-27(22-19-17-15-11-9-7-5-2)26(3)32-23-21-24-33-35(31)28(29)34-30/h26-27H,4-25H2,1-3H3/p+1. The van der Waals surface area contributed by atoms with Gasteiger partial charge in [-0.15, -0.1) is 4.52 Å². The maximum absolute atomic E-state index is 11.3. The van der Waals surface area contributed by atoms with E-state index in [2.05, 4.69) is 37.4 Å². The largest absolute Gasteiger partial charge is 0.639 e. The predicted octanol–water partition coefficient (Wildman–Crippen LogP) is 10.3. The molecule has 0 saturated heterocycles. The Hall–Kier alpha value is -0.200. The minimum Gasteiger partial charge on any atom is -0.377 e. The van der Waals surface area contributed by atoms with E-state index in [-0.39, 0.29) is 12.7 Å². The summed E-state index contributed by atoms with van der Waals surface area (Å²) in [6.45, 7) is 7.30. The van der Waals surface area contributed by atoms with E-state index in [4.69, 9.17) is 14.5 Å². The van der Waals surface area contributed by atoms with Gasteiger partial charge in [0.1, 0.15) is 6.61 Å². The third-order valence-corrected chi connectivity index (χ3v) is 8.92. The lowest BCUT2D eigenvalue weighted by atomic mass is 10.1. The van der Waals surface area contributed by atoms with Crippen LogP contribution in [0.25, 0.3) is 0 Å². The first kappa shape index (κ1) is 35.8. The molecule has 0 spiro atoms. The lowest BCUT2D eigenvalue weighted by Gasteiger charge is -2.24. The average molecular weight is 552 g/mol. The first-order valence-corrected chi connectivity index (χ1v) is 17.0. The number of carbonyl (C=O) groups excluding carboxylic acids is 1. The first-order chi connectivity index (χ1) is 17.6. The summed E-state index contributed by atoms with van der Waals surface area (Å²) >= 11 is 2.06. The van der Waals surface area contributed by atoms with Crippen molar-refractivity contribution in [2.24, 2.45) is 0 Å². The molecule has 0 radical (unpaired) electrons. The van der Waals surface area contributed by atoms with Crippen LogP contribution in [0.15, 0.2) is 0 Å². The van der Waals surface area contributed by atoms with E-state index in [1.165, 1.54) is 121 Å². The summed E-state index contributed by atoms with van der Waals surface area (Å²) in [6, 6.07) is 0. The van der Waals surface area contributed by atoms with Crippen LogP contribution >= 0.6 is 19.8 Å². The minimum atomic E-state index is -2.64. The van der Waals surface area contributed by atoms with Crippen molar-refractivity contribution < 1.29 is 28.8 Å². The van der Waals surface area contributed by atoms with Crippen LogP contribution in [-0.4, -0.2) is 41.3 Å². The Labute approximate surface area is 227 Å². The topological polar surface area (TPSA) is 82.1 Å². The van der Waals surface area contributed by atoms with Gasteiger partial charge in [0.15, 0.2) is 0 Å². The van der Waals surface area contributed by atoms with Crippen LogP contribution in [0.5, 0.6) is 0 Å². The SMILES string of the molecule is CCCCCCCCCCCCSC(CCCCCCCCC)C(C)OCCCO[P+](=O)C(=O)OO. The number of ether oxygens (including phenoxy) is 1. The highest BCUT2D eigenvalue weighted by Crippen LogP contribution is 2.27. The van der Waals surface area contributed by atoms with Crippen LogP contribution in [0.2, 0.25) is 0 Å². The molecule has 36 heavy (non-hydrogen) atoms. The molecule has 8 heteroatoms. The molecule has 0 rings (SSSR count). The van der Waals surface area contributed by atoms with Crippen LogP contribution < -0.4 is 0 Å². The van der Waals surface area contributed by atoms with Gasteiger partial charge in [-0.25, -0.2) is 0 Å². The predicted molar refractivity (Wildman–Crippen MR) is 153 cm³/mol. The highest BCUT2D eigenvalue weighted by Gasteiger charge is 2.34. The smallest absolute Gasteiger partial charge is 0.377 e. The maximum atomic E-state index is 11.3. The second-order valence-electron chi connectivity index (χ2n) is 9.88. The summed E-state index contributed by atoms with van der Waals surface area (Å²) in [5.74, 6) is 1.19. The zero-order valence-electron chi connectivity index (χ0n) is 23.6. The molecule has 0 aliphatic carbocycles. The molecule has 0 aromatic carbocycles. The Kier molecular flexibility index (Phi) is 27.7. The molecule has 0 fully saturated rings. The molecule has 0 heterocycles. The molecule has 0 aromatic rings. The van der Waals surface area contributed by atoms with Crippen molar-refractivity contribution in [2.75, 3.05) is 19.0 Å². The number of hydrogen-bond acceptors (Lipinski definition) is 7. The number of unbranched alkanes of at least 4 members (excludes halogenated alkanes) is 15. The van der Waals surface area contributed by atoms with E-state index in [0.29, 0.717) is 18.3 Å². The van der Waals surface area contributed by atoms with Crippen LogP contribution in [0.1, 0.15) is 143 Å². The van der Waals surface area contributed by atoms with Gasteiger partial charge < -0.3 is 4.74 Å². The summed E-state index contributed by atoms with van der Waals surface area (Å²) in [5.41, 5.74) is -1.25. The second kappa shape index (κ2) is 27.8. The van der Waals surface area contributed by atoms with E-state index >= 15 is 0 Å². The fourth-order valence-electron chi connectivity index (χ4n) is 4.25.